The zero-order valence-electron chi connectivity index (χ0n) is 4.20. The molecule has 0 aromatic carbocycles. The van der Waals surface area contributed by atoms with Crippen molar-refractivity contribution in [1.82, 2.24) is 0 Å². The first-order valence-electron chi connectivity index (χ1n) is 2.02. The highest BCUT2D eigenvalue weighted by molar-refractivity contribution is 4.49. The van der Waals surface area contributed by atoms with Gasteiger partial charge in [-0.2, -0.15) is 5.11 Å². The van der Waals surface area contributed by atoms with Gasteiger partial charge in [-0.15, -0.1) is 0 Å². The third-order valence-electron chi connectivity index (χ3n) is 0.528. The average Bonchev–Trinajstić information content (AvgIpc) is 1.68. The van der Waals surface area contributed by atoms with Gasteiger partial charge in [0.15, 0.2) is 0 Å². The van der Waals surface area contributed by atoms with E-state index < -0.39 is 0 Å². The van der Waals surface area contributed by atoms with Crippen molar-refractivity contribution in [2.45, 2.75) is 13.0 Å². The fourth-order valence-corrected chi connectivity index (χ4v) is 0.150. The molecule has 0 aromatic heterocycles. The van der Waals surface area contributed by atoms with Gasteiger partial charge < -0.3 is 10.9 Å². The van der Waals surface area contributed by atoms with E-state index in [1.807, 2.05) is 0 Å². The van der Waals surface area contributed by atoms with Crippen molar-refractivity contribution in [3.8, 4) is 0 Å². The molecule has 0 bridgehead atoms. The molecule has 3 N–H and O–H groups in total. The minimum absolute atomic E-state index is 0.000694. The molecule has 0 heterocycles. The molecule has 0 amide bonds. The van der Waals surface area contributed by atoms with Gasteiger partial charge in [0, 0.05) is 0 Å². The van der Waals surface area contributed by atoms with Crippen LogP contribution in [0.3, 0.4) is 0 Å². The molecule has 0 radical (unpaired) electrons. The zero-order valence-corrected chi connectivity index (χ0v) is 4.20. The second kappa shape index (κ2) is 3.55. The lowest BCUT2D eigenvalue weighted by Gasteiger charge is -1.92. The highest BCUT2D eigenvalue weighted by Gasteiger charge is 1.90. The van der Waals surface area contributed by atoms with E-state index in [0.29, 0.717) is 0 Å². The molecule has 0 aliphatic carbocycles. The van der Waals surface area contributed by atoms with Crippen LogP contribution in [0, 0.1) is 0 Å². The van der Waals surface area contributed by atoms with Gasteiger partial charge in [0.05, 0.1) is 12.6 Å². The standard InChI is InChI=1S/C3H9N3O/c1-3(2-7)5-6-4/h3,7H,2H2,1H3,(H2,4,5). The summed E-state index contributed by atoms with van der Waals surface area (Å²) in [5.41, 5.74) is 0. The number of nitrogens with two attached hydrogens (primary N) is 1. The summed E-state index contributed by atoms with van der Waals surface area (Å²) in [5.74, 6) is 4.65. The molecule has 0 aromatic rings. The summed E-state index contributed by atoms with van der Waals surface area (Å²) in [6, 6.07) is -0.162. The van der Waals surface area contributed by atoms with E-state index in [1.165, 1.54) is 0 Å². The Morgan fingerprint density at radius 2 is 2.43 bits per heavy atom. The van der Waals surface area contributed by atoms with Crippen molar-refractivity contribution in [2.75, 3.05) is 6.61 Å². The van der Waals surface area contributed by atoms with E-state index in [0.717, 1.165) is 0 Å². The number of hydrogen-bond acceptors (Lipinski definition) is 3. The first-order chi connectivity index (χ1) is 3.31. The summed E-state index contributed by atoms with van der Waals surface area (Å²) >= 11 is 0. The van der Waals surface area contributed by atoms with Gasteiger partial charge in [0.25, 0.3) is 0 Å². The maximum absolute atomic E-state index is 8.26. The van der Waals surface area contributed by atoms with Crippen LogP contribution in [0.1, 0.15) is 6.92 Å². The summed E-state index contributed by atoms with van der Waals surface area (Å²) in [7, 11) is 0. The van der Waals surface area contributed by atoms with Crippen LogP contribution in [0.25, 0.3) is 0 Å². The Morgan fingerprint density at radius 3 is 2.57 bits per heavy atom. The third kappa shape index (κ3) is 3.18. The topological polar surface area (TPSA) is 71.0 Å². The molecule has 0 saturated carbocycles. The molecule has 1 unspecified atom stereocenters. The predicted octanol–water partition coefficient (Wildman–Crippen LogP) is -0.307. The molecule has 0 spiro atoms. The smallest absolute Gasteiger partial charge is 0.0931 e. The average molecular weight is 103 g/mol. The largest absolute Gasteiger partial charge is 0.394 e. The highest BCUT2D eigenvalue weighted by Crippen LogP contribution is 1.83. The summed E-state index contributed by atoms with van der Waals surface area (Å²) in [6.07, 6.45) is 0. The SMILES string of the molecule is CC(CO)N=NN. The number of aliphatic hydroxyl groups excluding tert-OH is 1. The van der Waals surface area contributed by atoms with Crippen molar-refractivity contribution >= 4 is 0 Å². The van der Waals surface area contributed by atoms with Crippen molar-refractivity contribution < 1.29 is 5.11 Å². The highest BCUT2D eigenvalue weighted by atomic mass is 16.3. The van der Waals surface area contributed by atoms with Crippen LogP contribution < -0.4 is 5.84 Å². The normalized spacial score (nSPS) is 15.1. The number of aliphatic hydroxyl groups is 1. The molecular formula is C3H9N3O. The van der Waals surface area contributed by atoms with Crippen LogP contribution in [0.15, 0.2) is 10.3 Å². The number of rotatable bonds is 2. The third-order valence-corrected chi connectivity index (χ3v) is 0.528. The van der Waals surface area contributed by atoms with Crippen LogP contribution in [0.4, 0.5) is 0 Å². The molecule has 1 atom stereocenters. The van der Waals surface area contributed by atoms with Gasteiger partial charge in [0.1, 0.15) is 0 Å². The molecule has 0 saturated heterocycles. The van der Waals surface area contributed by atoms with Crippen LogP contribution >= 0.6 is 0 Å². The lowest BCUT2D eigenvalue weighted by atomic mass is 10.4. The predicted molar refractivity (Wildman–Crippen MR) is 25.6 cm³/mol. The Balaban J connectivity index is 3.16. The molecule has 0 aliphatic heterocycles. The first-order valence-corrected chi connectivity index (χ1v) is 2.02. The summed E-state index contributed by atoms with van der Waals surface area (Å²) in [4.78, 5) is 0. The van der Waals surface area contributed by atoms with E-state index in [2.05, 4.69) is 16.2 Å². The second-order valence-electron chi connectivity index (χ2n) is 1.26. The van der Waals surface area contributed by atoms with E-state index >= 15 is 0 Å². The molecule has 0 fully saturated rings. The number of hydrogen-bond donors (Lipinski definition) is 2. The Hall–Kier alpha value is -0.640. The lowest BCUT2D eigenvalue weighted by molar-refractivity contribution is 0.270. The van der Waals surface area contributed by atoms with Crippen molar-refractivity contribution in [2.24, 2.45) is 16.2 Å². The molecule has 4 heteroatoms. The summed E-state index contributed by atoms with van der Waals surface area (Å²) < 4.78 is 0. The minimum Gasteiger partial charge on any atom is -0.394 e. The van der Waals surface area contributed by atoms with E-state index in [-0.39, 0.29) is 12.6 Å². The summed E-state index contributed by atoms with van der Waals surface area (Å²) in [6.45, 7) is 1.72. The van der Waals surface area contributed by atoms with Gasteiger partial charge in [-0.05, 0) is 6.92 Å². The quantitative estimate of drug-likeness (QED) is 0.286. The van der Waals surface area contributed by atoms with Crippen LogP contribution in [-0.2, 0) is 0 Å². The molecule has 42 valence electrons. The summed E-state index contributed by atoms with van der Waals surface area (Å²) in [5, 5.41) is 14.6. The second-order valence-corrected chi connectivity index (χ2v) is 1.26. The minimum atomic E-state index is -0.162. The molecule has 0 aliphatic rings. The maximum Gasteiger partial charge on any atom is 0.0931 e. The van der Waals surface area contributed by atoms with Gasteiger partial charge in [-0.25, -0.2) is 0 Å². The molecule has 4 nitrogen and oxygen atoms in total. The maximum atomic E-state index is 8.26. The van der Waals surface area contributed by atoms with Gasteiger partial charge in [0.2, 0.25) is 0 Å². The Kier molecular flexibility index (Phi) is 3.22. The molecule has 0 rings (SSSR count). The first kappa shape index (κ1) is 6.36. The Labute approximate surface area is 42.0 Å². The fraction of sp³-hybridized carbons (Fsp3) is 1.00. The Morgan fingerprint density at radius 1 is 1.86 bits per heavy atom. The van der Waals surface area contributed by atoms with Crippen LogP contribution in [0.5, 0.6) is 0 Å². The van der Waals surface area contributed by atoms with E-state index in [4.69, 9.17) is 5.11 Å². The van der Waals surface area contributed by atoms with Crippen molar-refractivity contribution in [3.05, 3.63) is 0 Å². The fourth-order valence-electron chi connectivity index (χ4n) is 0.150. The van der Waals surface area contributed by atoms with Crippen molar-refractivity contribution in [1.29, 1.82) is 0 Å². The van der Waals surface area contributed by atoms with E-state index in [9.17, 15) is 0 Å². The van der Waals surface area contributed by atoms with Gasteiger partial charge in [-0.3, -0.25) is 0 Å². The lowest BCUT2D eigenvalue weighted by Crippen LogP contribution is -2.02. The van der Waals surface area contributed by atoms with Crippen LogP contribution in [0.2, 0.25) is 0 Å². The Bertz CT molecular complexity index is 63.2. The van der Waals surface area contributed by atoms with Gasteiger partial charge in [-0.1, -0.05) is 5.22 Å². The van der Waals surface area contributed by atoms with Crippen LogP contribution in [-0.4, -0.2) is 17.8 Å². The van der Waals surface area contributed by atoms with Gasteiger partial charge >= 0.3 is 0 Å². The molecule has 7 heavy (non-hydrogen) atoms. The van der Waals surface area contributed by atoms with Crippen molar-refractivity contribution in [3.63, 3.8) is 0 Å². The van der Waals surface area contributed by atoms with E-state index in [1.54, 1.807) is 6.92 Å². The monoisotopic (exact) mass is 103 g/mol. The molecular weight excluding hydrogens is 94.1 g/mol. The zero-order chi connectivity index (χ0) is 5.70. The number of nitrogens with zero attached hydrogens (tertiary/aromatic N) is 2.